The molecule has 0 radical (unpaired) electrons. The van der Waals surface area contributed by atoms with E-state index in [1.807, 2.05) is 84.9 Å². The molecule has 1 atom stereocenters. The summed E-state index contributed by atoms with van der Waals surface area (Å²) in [5, 5.41) is 4.10. The summed E-state index contributed by atoms with van der Waals surface area (Å²) in [5.74, 6) is -0.315. The molecule has 174 valence electrons. The Labute approximate surface area is 198 Å². The van der Waals surface area contributed by atoms with Gasteiger partial charge in [0.05, 0.1) is 12.6 Å². The SMILES string of the molecule is CC(=O)OCCc1c([C@H](Cc2ccccc2)NC(=O)OCc2ccccc2)[nH]c2ccccc12. The van der Waals surface area contributed by atoms with Crippen LogP contribution in [-0.2, 0) is 33.7 Å². The zero-order chi connectivity index (χ0) is 23.8. The number of carbonyl (C=O) groups excluding carboxylic acids is 2. The number of rotatable bonds is 9. The molecule has 4 rings (SSSR count). The molecule has 6 heteroatoms. The predicted molar refractivity (Wildman–Crippen MR) is 131 cm³/mol. The van der Waals surface area contributed by atoms with Crippen molar-refractivity contribution in [1.29, 1.82) is 0 Å². The maximum atomic E-state index is 12.8. The number of ether oxygens (including phenoxy) is 2. The molecule has 0 saturated carbocycles. The lowest BCUT2D eigenvalue weighted by Crippen LogP contribution is -2.31. The number of esters is 1. The molecule has 2 N–H and O–H groups in total. The third kappa shape index (κ3) is 6.04. The highest BCUT2D eigenvalue weighted by Crippen LogP contribution is 2.29. The Balaban J connectivity index is 1.61. The molecule has 0 aliphatic rings. The Hall–Kier alpha value is -4.06. The number of hydrogen-bond acceptors (Lipinski definition) is 4. The van der Waals surface area contributed by atoms with Crippen LogP contribution in [0.25, 0.3) is 10.9 Å². The second kappa shape index (κ2) is 11.2. The molecule has 4 aromatic rings. The van der Waals surface area contributed by atoms with Gasteiger partial charge in [0.1, 0.15) is 6.61 Å². The largest absolute Gasteiger partial charge is 0.466 e. The van der Waals surface area contributed by atoms with Gasteiger partial charge in [-0.15, -0.1) is 0 Å². The molecular formula is C28H28N2O4. The van der Waals surface area contributed by atoms with E-state index in [-0.39, 0.29) is 25.2 Å². The lowest BCUT2D eigenvalue weighted by Gasteiger charge is -2.20. The summed E-state index contributed by atoms with van der Waals surface area (Å²) in [7, 11) is 0. The first-order valence-corrected chi connectivity index (χ1v) is 11.3. The lowest BCUT2D eigenvalue weighted by molar-refractivity contribution is -0.140. The molecule has 0 aliphatic carbocycles. The smallest absolute Gasteiger partial charge is 0.408 e. The van der Waals surface area contributed by atoms with Gasteiger partial charge in [0, 0.05) is 29.9 Å². The van der Waals surface area contributed by atoms with Crippen molar-refractivity contribution in [2.45, 2.75) is 32.4 Å². The Kier molecular flexibility index (Phi) is 7.60. The van der Waals surface area contributed by atoms with Crippen LogP contribution in [0.1, 0.15) is 35.3 Å². The number of fused-ring (bicyclic) bond motifs is 1. The molecule has 0 saturated heterocycles. The van der Waals surface area contributed by atoms with Gasteiger partial charge in [0.25, 0.3) is 0 Å². The molecule has 0 aliphatic heterocycles. The fourth-order valence-corrected chi connectivity index (χ4v) is 4.07. The molecule has 0 unspecified atom stereocenters. The van der Waals surface area contributed by atoms with Crippen LogP contribution in [0.15, 0.2) is 84.9 Å². The zero-order valence-electron chi connectivity index (χ0n) is 19.1. The number of alkyl carbamates (subject to hydrolysis) is 1. The zero-order valence-corrected chi connectivity index (χ0v) is 19.1. The third-order valence-electron chi connectivity index (χ3n) is 5.64. The van der Waals surface area contributed by atoms with E-state index in [1.54, 1.807) is 0 Å². The number of hydrogen-bond donors (Lipinski definition) is 2. The summed E-state index contributed by atoms with van der Waals surface area (Å²) in [5.41, 5.74) is 4.87. The van der Waals surface area contributed by atoms with Crippen molar-refractivity contribution in [3.63, 3.8) is 0 Å². The van der Waals surface area contributed by atoms with Crippen LogP contribution in [-0.4, -0.2) is 23.7 Å². The molecule has 1 amide bonds. The van der Waals surface area contributed by atoms with Crippen molar-refractivity contribution in [2.75, 3.05) is 6.61 Å². The quantitative estimate of drug-likeness (QED) is 0.327. The Morgan fingerprint density at radius 3 is 2.21 bits per heavy atom. The molecule has 6 nitrogen and oxygen atoms in total. The monoisotopic (exact) mass is 456 g/mol. The summed E-state index contributed by atoms with van der Waals surface area (Å²) >= 11 is 0. The number of amides is 1. The van der Waals surface area contributed by atoms with Crippen LogP contribution < -0.4 is 5.32 Å². The Bertz CT molecular complexity index is 1240. The van der Waals surface area contributed by atoms with Gasteiger partial charge in [0.2, 0.25) is 0 Å². The number of aromatic amines is 1. The fraction of sp³-hybridized carbons (Fsp3) is 0.214. The van der Waals surface area contributed by atoms with Crippen molar-refractivity contribution >= 4 is 23.0 Å². The number of aromatic nitrogens is 1. The van der Waals surface area contributed by atoms with Crippen LogP contribution in [0.2, 0.25) is 0 Å². The first kappa shape index (κ1) is 23.1. The van der Waals surface area contributed by atoms with E-state index in [2.05, 4.69) is 10.3 Å². The van der Waals surface area contributed by atoms with Crippen molar-refractivity contribution in [1.82, 2.24) is 10.3 Å². The molecule has 0 spiro atoms. The highest BCUT2D eigenvalue weighted by atomic mass is 16.5. The summed E-state index contributed by atoms with van der Waals surface area (Å²) in [4.78, 5) is 27.6. The second-order valence-corrected chi connectivity index (χ2v) is 8.10. The molecule has 0 fully saturated rings. The maximum absolute atomic E-state index is 12.8. The highest BCUT2D eigenvalue weighted by molar-refractivity contribution is 5.85. The van der Waals surface area contributed by atoms with Gasteiger partial charge >= 0.3 is 12.1 Å². The van der Waals surface area contributed by atoms with E-state index in [0.717, 1.165) is 33.3 Å². The van der Waals surface area contributed by atoms with E-state index < -0.39 is 6.09 Å². The van der Waals surface area contributed by atoms with Crippen LogP contribution in [0, 0.1) is 0 Å². The van der Waals surface area contributed by atoms with Gasteiger partial charge in [0.15, 0.2) is 0 Å². The van der Waals surface area contributed by atoms with Gasteiger partial charge in [-0.2, -0.15) is 0 Å². The number of benzene rings is 3. The van der Waals surface area contributed by atoms with E-state index in [4.69, 9.17) is 9.47 Å². The minimum atomic E-state index is -0.491. The Morgan fingerprint density at radius 1 is 0.853 bits per heavy atom. The minimum absolute atomic E-state index is 0.191. The first-order chi connectivity index (χ1) is 16.6. The maximum Gasteiger partial charge on any atom is 0.408 e. The first-order valence-electron chi connectivity index (χ1n) is 11.3. The molecular weight excluding hydrogens is 428 g/mol. The van der Waals surface area contributed by atoms with Gasteiger partial charge in [-0.3, -0.25) is 4.79 Å². The van der Waals surface area contributed by atoms with E-state index in [1.165, 1.54) is 6.92 Å². The van der Waals surface area contributed by atoms with E-state index >= 15 is 0 Å². The number of para-hydroxylation sites is 1. The van der Waals surface area contributed by atoms with Crippen molar-refractivity contribution in [3.05, 3.63) is 107 Å². The average molecular weight is 457 g/mol. The number of carbonyl (C=O) groups is 2. The molecule has 0 bridgehead atoms. The van der Waals surface area contributed by atoms with Crippen molar-refractivity contribution < 1.29 is 19.1 Å². The van der Waals surface area contributed by atoms with Crippen LogP contribution in [0.5, 0.6) is 0 Å². The van der Waals surface area contributed by atoms with Crippen LogP contribution in [0.3, 0.4) is 0 Å². The molecule has 1 heterocycles. The van der Waals surface area contributed by atoms with Crippen molar-refractivity contribution in [2.24, 2.45) is 0 Å². The number of nitrogens with one attached hydrogen (secondary N) is 2. The van der Waals surface area contributed by atoms with Crippen molar-refractivity contribution in [3.8, 4) is 0 Å². The lowest BCUT2D eigenvalue weighted by atomic mass is 9.98. The van der Waals surface area contributed by atoms with Crippen LogP contribution in [0.4, 0.5) is 4.79 Å². The Morgan fingerprint density at radius 2 is 1.50 bits per heavy atom. The van der Waals surface area contributed by atoms with Gasteiger partial charge in [-0.1, -0.05) is 78.9 Å². The predicted octanol–water partition coefficient (Wildman–Crippen LogP) is 5.48. The highest BCUT2D eigenvalue weighted by Gasteiger charge is 2.23. The third-order valence-corrected chi connectivity index (χ3v) is 5.64. The van der Waals surface area contributed by atoms with Gasteiger partial charge in [-0.05, 0) is 29.2 Å². The van der Waals surface area contributed by atoms with Crippen LogP contribution >= 0.6 is 0 Å². The average Bonchev–Trinajstić information content (AvgIpc) is 3.22. The number of H-pyrrole nitrogens is 1. The standard InChI is InChI=1S/C28H28N2O4/c1-20(31)33-17-16-24-23-14-8-9-15-25(23)29-27(24)26(18-21-10-4-2-5-11-21)30-28(32)34-19-22-12-6-3-7-13-22/h2-15,26,29H,16-19H2,1H3,(H,30,32)/t26-/m0/s1. The summed E-state index contributed by atoms with van der Waals surface area (Å²) in [6, 6.07) is 27.2. The van der Waals surface area contributed by atoms with E-state index in [0.29, 0.717) is 12.8 Å². The normalized spacial score (nSPS) is 11.7. The van der Waals surface area contributed by atoms with Gasteiger partial charge in [-0.25, -0.2) is 4.79 Å². The summed E-state index contributed by atoms with van der Waals surface area (Å²) < 4.78 is 10.7. The topological polar surface area (TPSA) is 80.4 Å². The summed E-state index contributed by atoms with van der Waals surface area (Å²) in [6.07, 6.45) is 0.619. The minimum Gasteiger partial charge on any atom is -0.466 e. The second-order valence-electron chi connectivity index (χ2n) is 8.10. The summed E-state index contributed by atoms with van der Waals surface area (Å²) in [6.45, 7) is 1.86. The molecule has 34 heavy (non-hydrogen) atoms. The van der Waals surface area contributed by atoms with Gasteiger partial charge < -0.3 is 19.8 Å². The van der Waals surface area contributed by atoms with E-state index in [9.17, 15) is 9.59 Å². The molecule has 3 aromatic carbocycles. The molecule has 1 aromatic heterocycles. The fourth-order valence-electron chi connectivity index (χ4n) is 4.07.